The molecule has 2 N–H and O–H groups in total. The summed E-state index contributed by atoms with van der Waals surface area (Å²) in [4.78, 5) is 22.2. The Morgan fingerprint density at radius 1 is 1.64 bits per heavy atom. The topological polar surface area (TPSA) is 66.4 Å². The molecule has 1 aromatic rings. The maximum atomic E-state index is 10.9. The minimum Gasteiger partial charge on any atom is -0.479 e. The van der Waals surface area contributed by atoms with Gasteiger partial charge in [-0.3, -0.25) is 4.79 Å². The van der Waals surface area contributed by atoms with Crippen molar-refractivity contribution in [2.45, 2.75) is 13.0 Å². The summed E-state index contributed by atoms with van der Waals surface area (Å²) in [6.45, 7) is 1.29. The van der Waals surface area contributed by atoms with Crippen LogP contribution in [0.4, 0.5) is 0 Å². The second-order valence-electron chi connectivity index (χ2n) is 2.60. The van der Waals surface area contributed by atoms with Gasteiger partial charge in [-0.15, -0.1) is 11.3 Å². The van der Waals surface area contributed by atoms with Crippen LogP contribution in [-0.2, 0) is 9.59 Å². The summed E-state index contributed by atoms with van der Waals surface area (Å²) in [7, 11) is 0. The normalized spacial score (nSPS) is 12.1. The lowest BCUT2D eigenvalue weighted by Gasteiger charge is -2.11. The third kappa shape index (κ3) is 2.55. The van der Waals surface area contributed by atoms with Gasteiger partial charge in [-0.05, 0) is 27.4 Å². The molecule has 1 atom stereocenters. The second kappa shape index (κ2) is 4.56. The molecule has 0 aromatic carbocycles. The predicted molar refractivity (Wildman–Crippen MR) is 56.2 cm³/mol. The largest absolute Gasteiger partial charge is 0.479 e. The highest BCUT2D eigenvalue weighted by Crippen LogP contribution is 2.29. The van der Waals surface area contributed by atoms with Crippen molar-refractivity contribution in [3.05, 3.63) is 20.8 Å². The van der Waals surface area contributed by atoms with Gasteiger partial charge in [-0.1, -0.05) is 0 Å². The average molecular weight is 278 g/mol. The highest BCUT2D eigenvalue weighted by Gasteiger charge is 2.23. The fourth-order valence-corrected chi connectivity index (χ4v) is 2.60. The average Bonchev–Trinajstić information content (AvgIpc) is 2.46. The van der Waals surface area contributed by atoms with E-state index in [1.807, 2.05) is 0 Å². The molecule has 0 saturated carbocycles. The van der Waals surface area contributed by atoms with Crippen LogP contribution < -0.4 is 5.32 Å². The number of halogens is 1. The van der Waals surface area contributed by atoms with E-state index in [0.29, 0.717) is 9.35 Å². The van der Waals surface area contributed by atoms with Gasteiger partial charge < -0.3 is 10.4 Å². The summed E-state index contributed by atoms with van der Waals surface area (Å²) >= 11 is 4.51. The molecular formula is C8H8BrNO3S. The fraction of sp³-hybridized carbons (Fsp3) is 0.250. The van der Waals surface area contributed by atoms with Gasteiger partial charge in [0.15, 0.2) is 6.04 Å². The number of carboxylic acids is 1. The van der Waals surface area contributed by atoms with Crippen molar-refractivity contribution in [1.82, 2.24) is 5.32 Å². The lowest BCUT2D eigenvalue weighted by atomic mass is 10.2. The Hall–Kier alpha value is -0.880. The summed E-state index contributed by atoms with van der Waals surface area (Å²) in [6, 6.07) is 0.777. The van der Waals surface area contributed by atoms with E-state index in [-0.39, 0.29) is 5.91 Å². The van der Waals surface area contributed by atoms with E-state index in [0.717, 1.165) is 0 Å². The second-order valence-corrected chi connectivity index (χ2v) is 4.41. The van der Waals surface area contributed by atoms with Crippen LogP contribution in [0.25, 0.3) is 0 Å². The van der Waals surface area contributed by atoms with Gasteiger partial charge in [0.25, 0.3) is 0 Å². The molecule has 0 aliphatic carbocycles. The highest BCUT2D eigenvalue weighted by atomic mass is 79.9. The van der Waals surface area contributed by atoms with Crippen molar-refractivity contribution in [2.24, 2.45) is 0 Å². The van der Waals surface area contributed by atoms with Crippen LogP contribution in [0, 0.1) is 0 Å². The monoisotopic (exact) mass is 277 g/mol. The third-order valence-electron chi connectivity index (χ3n) is 1.50. The van der Waals surface area contributed by atoms with Gasteiger partial charge in [0.1, 0.15) is 0 Å². The number of hydrogen-bond acceptors (Lipinski definition) is 3. The molecule has 1 heterocycles. The van der Waals surface area contributed by atoms with Gasteiger partial charge in [0.2, 0.25) is 5.91 Å². The molecule has 0 aliphatic rings. The van der Waals surface area contributed by atoms with E-state index in [1.54, 1.807) is 11.4 Å². The van der Waals surface area contributed by atoms with E-state index >= 15 is 0 Å². The van der Waals surface area contributed by atoms with Gasteiger partial charge in [-0.2, -0.15) is 0 Å². The van der Waals surface area contributed by atoms with Crippen LogP contribution in [0.2, 0.25) is 0 Å². The first-order chi connectivity index (χ1) is 6.52. The van der Waals surface area contributed by atoms with Crippen molar-refractivity contribution in [3.8, 4) is 0 Å². The van der Waals surface area contributed by atoms with Crippen LogP contribution in [0.3, 0.4) is 0 Å². The van der Waals surface area contributed by atoms with Crippen LogP contribution in [0.5, 0.6) is 0 Å². The summed E-state index contributed by atoms with van der Waals surface area (Å²) in [6.07, 6.45) is 0. The van der Waals surface area contributed by atoms with Gasteiger partial charge in [0.05, 0.1) is 4.88 Å². The lowest BCUT2D eigenvalue weighted by Crippen LogP contribution is -2.31. The Bertz CT molecular complexity index is 363. The zero-order valence-corrected chi connectivity index (χ0v) is 9.68. The first kappa shape index (κ1) is 11.2. The summed E-state index contributed by atoms with van der Waals surface area (Å²) < 4.78 is 0.698. The number of amides is 1. The Balaban J connectivity index is 2.94. The fourth-order valence-electron chi connectivity index (χ4n) is 0.954. The van der Waals surface area contributed by atoms with Gasteiger partial charge in [-0.25, -0.2) is 4.79 Å². The summed E-state index contributed by atoms with van der Waals surface area (Å²) in [5.41, 5.74) is 0. The smallest absolute Gasteiger partial charge is 0.331 e. The highest BCUT2D eigenvalue weighted by molar-refractivity contribution is 9.10. The predicted octanol–water partition coefficient (Wildman–Crippen LogP) is 1.77. The molecule has 0 aliphatic heterocycles. The molecule has 1 aromatic heterocycles. The number of hydrogen-bond donors (Lipinski definition) is 2. The van der Waals surface area contributed by atoms with Gasteiger partial charge >= 0.3 is 5.97 Å². The first-order valence-electron chi connectivity index (χ1n) is 3.75. The lowest BCUT2D eigenvalue weighted by molar-refractivity contribution is -0.141. The molecule has 1 unspecified atom stereocenters. The molecule has 1 rings (SSSR count). The SMILES string of the molecule is CC(=O)NC(C(=O)O)c1sccc1Br. The van der Waals surface area contributed by atoms with Crippen molar-refractivity contribution >= 4 is 39.1 Å². The number of carbonyl (C=O) groups is 2. The van der Waals surface area contributed by atoms with Gasteiger partial charge in [0, 0.05) is 11.4 Å². The van der Waals surface area contributed by atoms with Crippen molar-refractivity contribution < 1.29 is 14.7 Å². The standard InChI is InChI=1S/C8H8BrNO3S/c1-4(11)10-6(8(12)13)7-5(9)2-3-14-7/h2-3,6H,1H3,(H,10,11)(H,12,13). The quantitative estimate of drug-likeness (QED) is 0.885. The molecule has 0 bridgehead atoms. The van der Waals surface area contributed by atoms with Crippen LogP contribution in [-0.4, -0.2) is 17.0 Å². The third-order valence-corrected chi connectivity index (χ3v) is 3.44. The van der Waals surface area contributed by atoms with E-state index in [4.69, 9.17) is 5.11 Å². The number of aliphatic carboxylic acids is 1. The number of carboxylic acid groups (broad SMARTS) is 1. The number of nitrogens with one attached hydrogen (secondary N) is 1. The molecule has 0 saturated heterocycles. The minimum absolute atomic E-state index is 0.363. The molecule has 76 valence electrons. The van der Waals surface area contributed by atoms with Crippen molar-refractivity contribution in [3.63, 3.8) is 0 Å². The molecule has 0 fully saturated rings. The maximum absolute atomic E-state index is 10.9. The van der Waals surface area contributed by atoms with E-state index < -0.39 is 12.0 Å². The molecule has 6 heteroatoms. The van der Waals surface area contributed by atoms with E-state index in [1.165, 1.54) is 18.3 Å². The first-order valence-corrected chi connectivity index (χ1v) is 5.42. The zero-order valence-electron chi connectivity index (χ0n) is 7.28. The minimum atomic E-state index is -1.07. The van der Waals surface area contributed by atoms with Crippen molar-refractivity contribution in [2.75, 3.05) is 0 Å². The maximum Gasteiger partial charge on any atom is 0.331 e. The number of carbonyl (C=O) groups excluding carboxylic acids is 1. The Morgan fingerprint density at radius 2 is 2.29 bits per heavy atom. The number of rotatable bonds is 3. The summed E-state index contributed by atoms with van der Waals surface area (Å²) in [5.74, 6) is -1.43. The Morgan fingerprint density at radius 3 is 2.64 bits per heavy atom. The molecular weight excluding hydrogens is 270 g/mol. The van der Waals surface area contributed by atoms with Crippen LogP contribution in [0.1, 0.15) is 17.8 Å². The molecule has 14 heavy (non-hydrogen) atoms. The van der Waals surface area contributed by atoms with E-state index in [9.17, 15) is 9.59 Å². The molecule has 4 nitrogen and oxygen atoms in total. The Kier molecular flexibility index (Phi) is 3.65. The molecule has 1 amide bonds. The molecule has 0 radical (unpaired) electrons. The van der Waals surface area contributed by atoms with Crippen LogP contribution >= 0.6 is 27.3 Å². The van der Waals surface area contributed by atoms with Crippen LogP contribution in [0.15, 0.2) is 15.9 Å². The molecule has 0 spiro atoms. The summed E-state index contributed by atoms with van der Waals surface area (Å²) in [5, 5.41) is 13.0. The number of thiophene rings is 1. The zero-order chi connectivity index (χ0) is 10.7. The van der Waals surface area contributed by atoms with E-state index in [2.05, 4.69) is 21.2 Å². The Labute approximate surface area is 93.1 Å². The van der Waals surface area contributed by atoms with Crippen molar-refractivity contribution in [1.29, 1.82) is 0 Å².